The molecule has 1 aliphatic rings. The standard InChI is InChI=1S/C24H26N4O4/c1-17-5-3-4-6-20(17)21-15-28(26-23(21)27-11-13-32-14-12-27)16-22(29)25-19-9-7-18(8-10-19)24(30)31-2/h3-10,15H,11-14,16H2,1-2H3,(H,25,29). The molecule has 32 heavy (non-hydrogen) atoms. The summed E-state index contributed by atoms with van der Waals surface area (Å²) in [5.74, 6) is 0.236. The highest BCUT2D eigenvalue weighted by Crippen LogP contribution is 2.32. The maximum atomic E-state index is 12.7. The molecule has 8 nitrogen and oxygen atoms in total. The third kappa shape index (κ3) is 4.81. The van der Waals surface area contributed by atoms with Gasteiger partial charge in [-0.3, -0.25) is 9.48 Å². The number of rotatable bonds is 6. The molecule has 0 radical (unpaired) electrons. The van der Waals surface area contributed by atoms with Gasteiger partial charge in [0.1, 0.15) is 6.54 Å². The van der Waals surface area contributed by atoms with Crippen molar-refractivity contribution in [3.63, 3.8) is 0 Å². The second-order valence-electron chi connectivity index (χ2n) is 7.60. The van der Waals surface area contributed by atoms with Gasteiger partial charge in [0.2, 0.25) is 5.91 Å². The lowest BCUT2D eigenvalue weighted by Gasteiger charge is -2.27. The fourth-order valence-corrected chi connectivity index (χ4v) is 3.72. The Balaban J connectivity index is 1.53. The van der Waals surface area contributed by atoms with E-state index in [0.717, 1.165) is 35.6 Å². The van der Waals surface area contributed by atoms with Crippen molar-refractivity contribution >= 4 is 23.4 Å². The Labute approximate surface area is 186 Å². The average molecular weight is 434 g/mol. The van der Waals surface area contributed by atoms with Crippen molar-refractivity contribution in [1.29, 1.82) is 0 Å². The highest BCUT2D eigenvalue weighted by atomic mass is 16.5. The molecule has 1 amide bonds. The van der Waals surface area contributed by atoms with Gasteiger partial charge in [-0.25, -0.2) is 4.79 Å². The van der Waals surface area contributed by atoms with Crippen LogP contribution < -0.4 is 10.2 Å². The molecule has 0 atom stereocenters. The molecule has 1 fully saturated rings. The van der Waals surface area contributed by atoms with E-state index in [4.69, 9.17) is 14.6 Å². The SMILES string of the molecule is COC(=O)c1ccc(NC(=O)Cn2cc(-c3ccccc3C)c(N3CCOCC3)n2)cc1. The predicted molar refractivity (Wildman–Crippen MR) is 122 cm³/mol. The average Bonchev–Trinajstić information content (AvgIpc) is 3.23. The van der Waals surface area contributed by atoms with Gasteiger partial charge in [0.05, 0.1) is 25.9 Å². The molecule has 166 valence electrons. The second-order valence-corrected chi connectivity index (χ2v) is 7.60. The van der Waals surface area contributed by atoms with Crippen LogP contribution in [-0.4, -0.2) is 55.1 Å². The van der Waals surface area contributed by atoms with Crippen LogP contribution in [0.2, 0.25) is 0 Å². The second kappa shape index (κ2) is 9.65. The Morgan fingerprint density at radius 3 is 2.47 bits per heavy atom. The first-order valence-corrected chi connectivity index (χ1v) is 10.5. The van der Waals surface area contributed by atoms with Crippen LogP contribution in [0.25, 0.3) is 11.1 Å². The van der Waals surface area contributed by atoms with E-state index in [0.29, 0.717) is 24.5 Å². The number of morpholine rings is 1. The molecule has 2 heterocycles. The number of carbonyl (C=O) groups excluding carboxylic acids is 2. The zero-order valence-corrected chi connectivity index (χ0v) is 18.2. The Morgan fingerprint density at radius 2 is 1.78 bits per heavy atom. The molecule has 3 aromatic rings. The molecule has 2 aromatic carbocycles. The highest BCUT2D eigenvalue weighted by Gasteiger charge is 2.21. The van der Waals surface area contributed by atoms with Gasteiger partial charge in [0, 0.05) is 30.5 Å². The summed E-state index contributed by atoms with van der Waals surface area (Å²) in [6.07, 6.45) is 1.92. The molecule has 1 N–H and O–H groups in total. The number of aromatic nitrogens is 2. The number of nitrogens with zero attached hydrogens (tertiary/aromatic N) is 3. The number of benzene rings is 2. The zero-order valence-electron chi connectivity index (χ0n) is 18.2. The van der Waals surface area contributed by atoms with E-state index in [1.807, 2.05) is 18.3 Å². The molecule has 0 unspecified atom stereocenters. The van der Waals surface area contributed by atoms with Gasteiger partial charge in [-0.05, 0) is 42.3 Å². The maximum Gasteiger partial charge on any atom is 0.337 e. The van der Waals surface area contributed by atoms with Crippen LogP contribution in [-0.2, 0) is 20.8 Å². The molecular weight excluding hydrogens is 408 g/mol. The van der Waals surface area contributed by atoms with Gasteiger partial charge < -0.3 is 19.7 Å². The number of amides is 1. The van der Waals surface area contributed by atoms with Crippen LogP contribution in [0.1, 0.15) is 15.9 Å². The minimum absolute atomic E-state index is 0.0714. The van der Waals surface area contributed by atoms with Crippen molar-refractivity contribution in [2.24, 2.45) is 0 Å². The molecule has 1 saturated heterocycles. The van der Waals surface area contributed by atoms with Crippen LogP contribution in [0.5, 0.6) is 0 Å². The van der Waals surface area contributed by atoms with Crippen molar-refractivity contribution in [2.45, 2.75) is 13.5 Å². The van der Waals surface area contributed by atoms with E-state index in [2.05, 4.69) is 29.3 Å². The number of esters is 1. The summed E-state index contributed by atoms with van der Waals surface area (Å²) in [5, 5.41) is 7.59. The van der Waals surface area contributed by atoms with E-state index in [9.17, 15) is 9.59 Å². The molecule has 1 aliphatic heterocycles. The summed E-state index contributed by atoms with van der Waals surface area (Å²) in [7, 11) is 1.33. The number of anilines is 2. The lowest BCUT2D eigenvalue weighted by atomic mass is 10.0. The highest BCUT2D eigenvalue weighted by molar-refractivity contribution is 5.93. The van der Waals surface area contributed by atoms with Crippen LogP contribution in [0.4, 0.5) is 11.5 Å². The van der Waals surface area contributed by atoms with E-state index in [1.165, 1.54) is 7.11 Å². The van der Waals surface area contributed by atoms with E-state index in [1.54, 1.807) is 28.9 Å². The molecule has 0 spiro atoms. The Bertz CT molecular complexity index is 1100. The van der Waals surface area contributed by atoms with Gasteiger partial charge in [-0.15, -0.1) is 0 Å². The van der Waals surface area contributed by atoms with E-state index >= 15 is 0 Å². The first kappa shape index (κ1) is 21.6. The maximum absolute atomic E-state index is 12.7. The summed E-state index contributed by atoms with van der Waals surface area (Å²) in [4.78, 5) is 26.4. The largest absolute Gasteiger partial charge is 0.465 e. The predicted octanol–water partition coefficient (Wildman–Crippen LogP) is 3.12. The van der Waals surface area contributed by atoms with Gasteiger partial charge in [-0.1, -0.05) is 24.3 Å². The third-order valence-electron chi connectivity index (χ3n) is 5.38. The zero-order chi connectivity index (χ0) is 22.5. The first-order valence-electron chi connectivity index (χ1n) is 10.5. The van der Waals surface area contributed by atoms with Gasteiger partial charge in [0.15, 0.2) is 5.82 Å². The number of aryl methyl sites for hydroxylation is 1. The molecule has 0 saturated carbocycles. The van der Waals surface area contributed by atoms with Crippen LogP contribution in [0.15, 0.2) is 54.7 Å². The first-order chi connectivity index (χ1) is 15.5. The number of nitrogens with one attached hydrogen (secondary N) is 1. The number of hydrogen-bond acceptors (Lipinski definition) is 6. The Kier molecular flexibility index (Phi) is 6.51. The van der Waals surface area contributed by atoms with Gasteiger partial charge in [-0.2, -0.15) is 5.10 Å². The van der Waals surface area contributed by atoms with Gasteiger partial charge in [0.25, 0.3) is 0 Å². The number of methoxy groups -OCH3 is 1. The third-order valence-corrected chi connectivity index (χ3v) is 5.38. The van der Waals surface area contributed by atoms with Gasteiger partial charge >= 0.3 is 5.97 Å². The minimum atomic E-state index is -0.418. The lowest BCUT2D eigenvalue weighted by molar-refractivity contribution is -0.116. The van der Waals surface area contributed by atoms with E-state index in [-0.39, 0.29) is 12.5 Å². The van der Waals surface area contributed by atoms with Crippen molar-refractivity contribution < 1.29 is 19.1 Å². The number of hydrogen-bond donors (Lipinski definition) is 1. The monoisotopic (exact) mass is 434 g/mol. The van der Waals surface area contributed by atoms with Crippen molar-refractivity contribution in [3.8, 4) is 11.1 Å². The molecule has 0 aliphatic carbocycles. The fourth-order valence-electron chi connectivity index (χ4n) is 3.72. The summed E-state index contributed by atoms with van der Waals surface area (Å²) in [6.45, 7) is 4.97. The lowest BCUT2D eigenvalue weighted by Crippen LogP contribution is -2.36. The molecule has 4 rings (SSSR count). The number of carbonyl (C=O) groups is 2. The summed E-state index contributed by atoms with van der Waals surface area (Å²) in [6, 6.07) is 14.7. The molecule has 8 heteroatoms. The fraction of sp³-hybridized carbons (Fsp3) is 0.292. The summed E-state index contributed by atoms with van der Waals surface area (Å²) in [5.41, 5.74) is 4.27. The van der Waals surface area contributed by atoms with Crippen LogP contribution in [0.3, 0.4) is 0 Å². The van der Waals surface area contributed by atoms with Crippen molar-refractivity contribution in [1.82, 2.24) is 9.78 Å². The Hall–Kier alpha value is -3.65. The topological polar surface area (TPSA) is 85.7 Å². The Morgan fingerprint density at radius 1 is 1.06 bits per heavy atom. The van der Waals surface area contributed by atoms with Crippen LogP contribution in [0, 0.1) is 6.92 Å². The minimum Gasteiger partial charge on any atom is -0.465 e. The summed E-state index contributed by atoms with van der Waals surface area (Å²) >= 11 is 0. The smallest absolute Gasteiger partial charge is 0.337 e. The number of ether oxygens (including phenoxy) is 2. The molecule has 1 aromatic heterocycles. The summed E-state index contributed by atoms with van der Waals surface area (Å²) < 4.78 is 11.9. The van der Waals surface area contributed by atoms with Crippen molar-refractivity contribution in [2.75, 3.05) is 43.6 Å². The quantitative estimate of drug-likeness (QED) is 0.600. The normalized spacial score (nSPS) is 13.6. The van der Waals surface area contributed by atoms with Crippen LogP contribution >= 0.6 is 0 Å². The molecule has 0 bridgehead atoms. The van der Waals surface area contributed by atoms with Crippen molar-refractivity contribution in [3.05, 3.63) is 65.9 Å². The van der Waals surface area contributed by atoms with E-state index < -0.39 is 5.97 Å². The molecular formula is C24H26N4O4.